The van der Waals surface area contributed by atoms with Crippen LogP contribution in [0.25, 0.3) is 0 Å². The van der Waals surface area contributed by atoms with Crippen molar-refractivity contribution in [2.24, 2.45) is 5.73 Å². The number of halogens is 3. The molecule has 106 valence electrons. The lowest BCUT2D eigenvalue weighted by molar-refractivity contribution is -0.218. The summed E-state index contributed by atoms with van der Waals surface area (Å²) in [4.78, 5) is 16.1. The third-order valence-electron chi connectivity index (χ3n) is 2.64. The van der Waals surface area contributed by atoms with Crippen LogP contribution in [0.5, 0.6) is 0 Å². The number of hydroxylamine groups is 2. The van der Waals surface area contributed by atoms with Gasteiger partial charge in [-0.3, -0.25) is 10.5 Å². The average molecular weight is 327 g/mol. The maximum Gasteiger partial charge on any atom is 0.322 e. The van der Waals surface area contributed by atoms with E-state index in [4.69, 9.17) is 33.8 Å². The number of carbonyl (C=O) groups is 1. The van der Waals surface area contributed by atoms with Gasteiger partial charge in [-0.25, -0.2) is 0 Å². The number of nitrogens with zero attached hydrogens (tertiary/aromatic N) is 1. The molecule has 1 aliphatic heterocycles. The van der Waals surface area contributed by atoms with Crippen molar-refractivity contribution in [3.63, 3.8) is 0 Å². The van der Waals surface area contributed by atoms with Crippen molar-refractivity contribution in [1.82, 2.24) is 5.06 Å². The van der Waals surface area contributed by atoms with Crippen molar-refractivity contribution in [2.75, 3.05) is 5.32 Å². The normalized spacial score (nSPS) is 21.9. The monoisotopic (exact) mass is 325 g/mol. The van der Waals surface area contributed by atoms with E-state index in [9.17, 15) is 4.79 Å². The minimum Gasteiger partial charge on any atom is -0.364 e. The Kier molecular flexibility index (Phi) is 4.92. The zero-order chi connectivity index (χ0) is 13.5. The van der Waals surface area contributed by atoms with Gasteiger partial charge in [0, 0.05) is 18.2 Å². The van der Waals surface area contributed by atoms with Gasteiger partial charge in [0.05, 0.1) is 16.6 Å². The molecule has 1 unspecified atom stereocenters. The topological polar surface area (TPSA) is 67.6 Å². The third kappa shape index (κ3) is 3.24. The zero-order valence-corrected chi connectivity index (χ0v) is 12.7. The molecule has 0 amide bonds. The smallest absolute Gasteiger partial charge is 0.322 e. The van der Waals surface area contributed by atoms with E-state index >= 15 is 0 Å². The SMILES string of the molecule is CC(=O)ON1Cc2c(ccc(Cl)c2Cl)NC1(C)N.Cl. The van der Waals surface area contributed by atoms with Gasteiger partial charge in [-0.05, 0) is 19.1 Å². The number of carbonyl (C=O) groups excluding carboxylic acids is 1. The molecule has 2 rings (SSSR count). The van der Waals surface area contributed by atoms with E-state index in [2.05, 4.69) is 5.32 Å². The van der Waals surface area contributed by atoms with Crippen molar-refractivity contribution in [2.45, 2.75) is 26.2 Å². The number of anilines is 1. The molecule has 19 heavy (non-hydrogen) atoms. The molecular weight excluding hydrogens is 312 g/mol. The molecule has 0 saturated carbocycles. The number of benzene rings is 1. The van der Waals surface area contributed by atoms with Crippen LogP contribution >= 0.6 is 35.6 Å². The van der Waals surface area contributed by atoms with Crippen molar-refractivity contribution in [3.05, 3.63) is 27.7 Å². The lowest BCUT2D eigenvalue weighted by Crippen LogP contribution is -2.61. The fourth-order valence-corrected chi connectivity index (χ4v) is 2.19. The Bertz CT molecular complexity index is 508. The van der Waals surface area contributed by atoms with Gasteiger partial charge < -0.3 is 10.2 Å². The average Bonchev–Trinajstić information content (AvgIpc) is 2.25. The van der Waals surface area contributed by atoms with E-state index in [-0.39, 0.29) is 19.0 Å². The maximum absolute atomic E-state index is 11.1. The molecule has 1 heterocycles. The van der Waals surface area contributed by atoms with E-state index in [1.807, 2.05) is 0 Å². The summed E-state index contributed by atoms with van der Waals surface area (Å²) in [6.45, 7) is 3.28. The fraction of sp³-hybridized carbons (Fsp3) is 0.364. The molecule has 5 nitrogen and oxygen atoms in total. The van der Waals surface area contributed by atoms with Gasteiger partial charge in [-0.15, -0.1) is 12.4 Å². The Hall–Kier alpha value is -0.720. The number of hydrogen-bond acceptors (Lipinski definition) is 5. The van der Waals surface area contributed by atoms with Gasteiger partial charge in [-0.1, -0.05) is 28.3 Å². The first-order valence-corrected chi connectivity index (χ1v) is 6.07. The molecule has 0 radical (unpaired) electrons. The van der Waals surface area contributed by atoms with Gasteiger partial charge >= 0.3 is 5.97 Å². The van der Waals surface area contributed by atoms with Crippen LogP contribution in [0.4, 0.5) is 5.69 Å². The molecule has 0 fully saturated rings. The number of nitrogens with two attached hydrogens (primary N) is 1. The van der Waals surface area contributed by atoms with E-state index in [1.165, 1.54) is 12.0 Å². The Labute approximate surface area is 127 Å². The highest BCUT2D eigenvalue weighted by atomic mass is 35.5. The highest BCUT2D eigenvalue weighted by Crippen LogP contribution is 2.37. The van der Waals surface area contributed by atoms with Crippen molar-refractivity contribution < 1.29 is 9.63 Å². The minimum absolute atomic E-state index is 0. The van der Waals surface area contributed by atoms with Crippen LogP contribution < -0.4 is 11.1 Å². The Morgan fingerprint density at radius 2 is 2.16 bits per heavy atom. The Morgan fingerprint density at radius 1 is 1.53 bits per heavy atom. The molecule has 0 aliphatic carbocycles. The summed E-state index contributed by atoms with van der Waals surface area (Å²) < 4.78 is 0. The number of rotatable bonds is 1. The van der Waals surface area contributed by atoms with Crippen LogP contribution in [0, 0.1) is 0 Å². The van der Waals surface area contributed by atoms with Crippen LogP contribution in [-0.4, -0.2) is 16.8 Å². The van der Waals surface area contributed by atoms with Gasteiger partial charge in [0.1, 0.15) is 0 Å². The molecule has 0 spiro atoms. The zero-order valence-electron chi connectivity index (χ0n) is 10.4. The molecule has 1 atom stereocenters. The van der Waals surface area contributed by atoms with E-state index in [0.29, 0.717) is 10.0 Å². The van der Waals surface area contributed by atoms with Gasteiger partial charge in [0.25, 0.3) is 0 Å². The Balaban J connectivity index is 0.00000180. The lowest BCUT2D eigenvalue weighted by Gasteiger charge is -2.41. The first-order valence-electron chi connectivity index (χ1n) is 5.31. The molecule has 0 aromatic heterocycles. The lowest BCUT2D eigenvalue weighted by atomic mass is 10.1. The first-order chi connectivity index (χ1) is 8.31. The van der Waals surface area contributed by atoms with Crippen LogP contribution in [-0.2, 0) is 16.2 Å². The molecule has 1 aromatic rings. The number of nitrogens with one attached hydrogen (secondary N) is 1. The molecule has 0 saturated heterocycles. The predicted molar refractivity (Wildman–Crippen MR) is 77.2 cm³/mol. The predicted octanol–water partition coefficient (Wildman–Crippen LogP) is 2.75. The fourth-order valence-electron chi connectivity index (χ4n) is 1.79. The number of fused-ring (bicyclic) bond motifs is 1. The van der Waals surface area contributed by atoms with E-state index in [1.54, 1.807) is 19.1 Å². The maximum atomic E-state index is 11.1. The first kappa shape index (κ1) is 16.3. The van der Waals surface area contributed by atoms with Gasteiger partial charge in [-0.2, -0.15) is 0 Å². The van der Waals surface area contributed by atoms with Gasteiger partial charge in [0.2, 0.25) is 0 Å². The molecule has 8 heteroatoms. The molecular formula is C11H14Cl3N3O2. The van der Waals surface area contributed by atoms with Crippen molar-refractivity contribution in [1.29, 1.82) is 0 Å². The summed E-state index contributed by atoms with van der Waals surface area (Å²) in [6.07, 6.45) is 0. The van der Waals surface area contributed by atoms with Crippen LogP contribution in [0.1, 0.15) is 19.4 Å². The highest BCUT2D eigenvalue weighted by Gasteiger charge is 2.36. The molecule has 3 N–H and O–H groups in total. The largest absolute Gasteiger partial charge is 0.364 e. The minimum atomic E-state index is -1.00. The second-order valence-electron chi connectivity index (χ2n) is 4.28. The molecule has 1 aromatic carbocycles. The van der Waals surface area contributed by atoms with Crippen molar-refractivity contribution in [3.8, 4) is 0 Å². The van der Waals surface area contributed by atoms with Gasteiger partial charge in [0.15, 0.2) is 5.79 Å². The second kappa shape index (κ2) is 5.73. The molecule has 0 bridgehead atoms. The second-order valence-corrected chi connectivity index (χ2v) is 5.06. The summed E-state index contributed by atoms with van der Waals surface area (Å²) in [5.41, 5.74) is 7.55. The summed E-state index contributed by atoms with van der Waals surface area (Å²) in [5.74, 6) is -1.45. The van der Waals surface area contributed by atoms with Crippen LogP contribution in [0.15, 0.2) is 12.1 Å². The Morgan fingerprint density at radius 3 is 2.74 bits per heavy atom. The quantitative estimate of drug-likeness (QED) is 0.830. The third-order valence-corrected chi connectivity index (χ3v) is 3.49. The van der Waals surface area contributed by atoms with E-state index < -0.39 is 11.8 Å². The number of hydrogen-bond donors (Lipinski definition) is 2. The highest BCUT2D eigenvalue weighted by molar-refractivity contribution is 6.42. The molecule has 1 aliphatic rings. The standard InChI is InChI=1S/C11H13Cl2N3O2.ClH/c1-6(17)18-16-5-7-9(15-11(16,2)14)4-3-8(12)10(7)13;/h3-4,15H,5,14H2,1-2H3;1H. The summed E-state index contributed by atoms with van der Waals surface area (Å²) in [6, 6.07) is 3.48. The van der Waals surface area contributed by atoms with E-state index in [0.717, 1.165) is 11.3 Å². The summed E-state index contributed by atoms with van der Waals surface area (Å²) >= 11 is 12.1. The summed E-state index contributed by atoms with van der Waals surface area (Å²) in [7, 11) is 0. The van der Waals surface area contributed by atoms with Crippen molar-refractivity contribution >= 4 is 47.3 Å². The van der Waals surface area contributed by atoms with Crippen LogP contribution in [0.2, 0.25) is 10.0 Å². The van der Waals surface area contributed by atoms with Crippen LogP contribution in [0.3, 0.4) is 0 Å². The summed E-state index contributed by atoms with van der Waals surface area (Å²) in [5, 5.41) is 5.25.